The first-order valence-electron chi connectivity index (χ1n) is 3.09. The number of alkyl halides is 3. The lowest BCUT2D eigenvalue weighted by Gasteiger charge is -2.07. The van der Waals surface area contributed by atoms with Crippen LogP contribution in [0.25, 0.3) is 0 Å². The van der Waals surface area contributed by atoms with Crippen LogP contribution in [0.3, 0.4) is 0 Å². The Bertz CT molecular complexity index is 234. The first-order valence-corrected chi connectivity index (χ1v) is 3.09. The lowest BCUT2D eigenvalue weighted by Crippen LogP contribution is -2.19. The molecule has 0 atom stereocenters. The number of halogens is 3. The van der Waals surface area contributed by atoms with Gasteiger partial charge in [-0.1, -0.05) is 0 Å². The average molecular weight is 176 g/mol. The van der Waals surface area contributed by atoms with E-state index in [1.54, 1.807) is 0 Å². The lowest BCUT2D eigenvalue weighted by molar-refractivity contribution is -0.153. The van der Waals surface area contributed by atoms with E-state index in [4.69, 9.17) is 0 Å². The maximum Gasteiger partial charge on any atom is 0.422 e. The third kappa shape index (κ3) is 3.23. The summed E-state index contributed by atoms with van der Waals surface area (Å²) in [5, 5.41) is 0. The molecule has 1 radical (unpaired) electrons. The molecule has 2 nitrogen and oxygen atoms in total. The Hall–Kier alpha value is -1.26. The predicted octanol–water partition coefficient (Wildman–Crippen LogP) is 1.82. The minimum atomic E-state index is -4.31. The van der Waals surface area contributed by atoms with Gasteiger partial charge in [0, 0.05) is 0 Å². The molecule has 0 aliphatic rings. The summed E-state index contributed by atoms with van der Waals surface area (Å²) in [6, 6.07) is 2.74. The molecule has 0 bridgehead atoms. The van der Waals surface area contributed by atoms with Crippen molar-refractivity contribution < 1.29 is 17.9 Å². The van der Waals surface area contributed by atoms with Crippen LogP contribution in [0.4, 0.5) is 13.2 Å². The van der Waals surface area contributed by atoms with Gasteiger partial charge in [0.2, 0.25) is 0 Å². The van der Waals surface area contributed by atoms with Gasteiger partial charge in [-0.05, 0) is 12.1 Å². The van der Waals surface area contributed by atoms with Crippen molar-refractivity contribution in [1.29, 1.82) is 0 Å². The minimum Gasteiger partial charge on any atom is -0.483 e. The Labute approximate surface area is 67.0 Å². The molecule has 65 valence electrons. The Morgan fingerprint density at radius 3 is 2.75 bits per heavy atom. The third-order valence-corrected chi connectivity index (χ3v) is 0.991. The van der Waals surface area contributed by atoms with E-state index >= 15 is 0 Å². The number of ether oxygens (including phenoxy) is 1. The van der Waals surface area contributed by atoms with Crippen molar-refractivity contribution in [2.24, 2.45) is 0 Å². The molecule has 0 aliphatic carbocycles. The number of nitrogens with zero attached hydrogens (tertiary/aromatic N) is 1. The van der Waals surface area contributed by atoms with Gasteiger partial charge in [-0.3, -0.25) is 4.98 Å². The molecule has 0 saturated heterocycles. The number of pyridine rings is 1. The zero-order chi connectivity index (χ0) is 9.03. The van der Waals surface area contributed by atoms with E-state index in [-0.39, 0.29) is 5.75 Å². The molecule has 5 heteroatoms. The summed E-state index contributed by atoms with van der Waals surface area (Å²) in [5.74, 6) is 0.0890. The molecule has 1 rings (SSSR count). The highest BCUT2D eigenvalue weighted by atomic mass is 19.4. The summed E-state index contributed by atoms with van der Waals surface area (Å²) in [7, 11) is 0. The van der Waals surface area contributed by atoms with Crippen LogP contribution in [0.5, 0.6) is 5.75 Å². The number of hydrogen-bond acceptors (Lipinski definition) is 2. The molecule has 1 aromatic heterocycles. The molecule has 0 saturated carbocycles. The Morgan fingerprint density at radius 1 is 1.50 bits per heavy atom. The summed E-state index contributed by atoms with van der Waals surface area (Å²) in [5.41, 5.74) is 0. The van der Waals surface area contributed by atoms with Gasteiger partial charge in [-0.2, -0.15) is 13.2 Å². The van der Waals surface area contributed by atoms with Crippen molar-refractivity contribution in [2.75, 3.05) is 6.61 Å². The maximum absolute atomic E-state index is 11.6. The van der Waals surface area contributed by atoms with Gasteiger partial charge in [-0.15, -0.1) is 0 Å². The van der Waals surface area contributed by atoms with Crippen LogP contribution in [0, 0.1) is 6.20 Å². The second kappa shape index (κ2) is 3.42. The SMILES string of the molecule is FC(F)(F)COc1cc[c]nc1. The van der Waals surface area contributed by atoms with Crippen LogP contribution in [-0.4, -0.2) is 17.8 Å². The second-order valence-corrected chi connectivity index (χ2v) is 2.03. The van der Waals surface area contributed by atoms with E-state index in [1.807, 2.05) is 0 Å². The standard InChI is InChI=1S/C7H5F3NO/c8-7(9,10)5-12-6-2-1-3-11-4-6/h1-2,4H,5H2. The van der Waals surface area contributed by atoms with Gasteiger partial charge in [0.05, 0.1) is 12.4 Å². The first-order chi connectivity index (χ1) is 5.58. The number of rotatable bonds is 2. The van der Waals surface area contributed by atoms with Crippen LogP contribution < -0.4 is 4.74 Å². The van der Waals surface area contributed by atoms with Crippen molar-refractivity contribution in [3.8, 4) is 5.75 Å². The van der Waals surface area contributed by atoms with Crippen molar-refractivity contribution in [3.63, 3.8) is 0 Å². The Balaban J connectivity index is 2.44. The predicted molar refractivity (Wildman–Crippen MR) is 34.6 cm³/mol. The molecule has 12 heavy (non-hydrogen) atoms. The van der Waals surface area contributed by atoms with Crippen LogP contribution in [0.1, 0.15) is 0 Å². The van der Waals surface area contributed by atoms with Crippen molar-refractivity contribution in [1.82, 2.24) is 4.98 Å². The maximum atomic E-state index is 11.6. The highest BCUT2D eigenvalue weighted by Gasteiger charge is 2.28. The normalized spacial score (nSPS) is 11.2. The minimum absolute atomic E-state index is 0.0890. The van der Waals surface area contributed by atoms with E-state index in [2.05, 4.69) is 15.9 Å². The number of hydrogen-bond donors (Lipinski definition) is 0. The third-order valence-electron chi connectivity index (χ3n) is 0.991. The van der Waals surface area contributed by atoms with Gasteiger partial charge in [0.15, 0.2) is 6.61 Å². The smallest absolute Gasteiger partial charge is 0.422 e. The quantitative estimate of drug-likeness (QED) is 0.685. The molecule has 0 unspecified atom stereocenters. The monoisotopic (exact) mass is 176 g/mol. The summed E-state index contributed by atoms with van der Waals surface area (Å²) in [6.45, 7) is -1.29. The lowest BCUT2D eigenvalue weighted by atomic mass is 10.5. The molecular formula is C7H5F3NO. The Morgan fingerprint density at radius 2 is 2.25 bits per heavy atom. The summed E-state index contributed by atoms with van der Waals surface area (Å²) in [4.78, 5) is 3.47. The number of aromatic nitrogens is 1. The van der Waals surface area contributed by atoms with Crippen LogP contribution >= 0.6 is 0 Å². The fourth-order valence-corrected chi connectivity index (χ4v) is 0.557. The van der Waals surface area contributed by atoms with Gasteiger partial charge < -0.3 is 4.74 Å². The largest absolute Gasteiger partial charge is 0.483 e. The molecular weight excluding hydrogens is 171 g/mol. The highest BCUT2D eigenvalue weighted by molar-refractivity contribution is 5.14. The topological polar surface area (TPSA) is 22.1 Å². The fraction of sp³-hybridized carbons (Fsp3) is 0.286. The Kier molecular flexibility index (Phi) is 2.52. The zero-order valence-corrected chi connectivity index (χ0v) is 5.93. The van der Waals surface area contributed by atoms with Gasteiger partial charge in [0.1, 0.15) is 5.75 Å². The van der Waals surface area contributed by atoms with Crippen LogP contribution in [0.15, 0.2) is 18.3 Å². The van der Waals surface area contributed by atoms with E-state index in [9.17, 15) is 13.2 Å². The second-order valence-electron chi connectivity index (χ2n) is 2.03. The van der Waals surface area contributed by atoms with E-state index in [1.165, 1.54) is 18.3 Å². The van der Waals surface area contributed by atoms with E-state index in [0.29, 0.717) is 0 Å². The van der Waals surface area contributed by atoms with Crippen LogP contribution in [0.2, 0.25) is 0 Å². The van der Waals surface area contributed by atoms with E-state index in [0.717, 1.165) is 0 Å². The molecule has 1 aromatic rings. The molecule has 1 heterocycles. The van der Waals surface area contributed by atoms with Crippen molar-refractivity contribution in [3.05, 3.63) is 24.5 Å². The summed E-state index contributed by atoms with van der Waals surface area (Å²) in [6.07, 6.45) is -0.715. The molecule has 0 N–H and O–H groups in total. The van der Waals surface area contributed by atoms with Gasteiger partial charge >= 0.3 is 6.18 Å². The van der Waals surface area contributed by atoms with Crippen LogP contribution in [-0.2, 0) is 0 Å². The molecule has 0 spiro atoms. The van der Waals surface area contributed by atoms with Crippen molar-refractivity contribution >= 4 is 0 Å². The molecule has 0 amide bonds. The van der Waals surface area contributed by atoms with E-state index < -0.39 is 12.8 Å². The average Bonchev–Trinajstić information content (AvgIpc) is 2.02. The van der Waals surface area contributed by atoms with Crippen molar-refractivity contribution in [2.45, 2.75) is 6.18 Å². The summed E-state index contributed by atoms with van der Waals surface area (Å²) >= 11 is 0. The van der Waals surface area contributed by atoms with Gasteiger partial charge in [0.25, 0.3) is 0 Å². The molecule has 0 fully saturated rings. The molecule has 0 aromatic carbocycles. The first kappa shape index (κ1) is 8.83. The molecule has 0 aliphatic heterocycles. The highest BCUT2D eigenvalue weighted by Crippen LogP contribution is 2.16. The zero-order valence-electron chi connectivity index (χ0n) is 5.93. The van der Waals surface area contributed by atoms with Gasteiger partial charge in [-0.25, -0.2) is 0 Å². The fourth-order valence-electron chi connectivity index (χ4n) is 0.557. The summed E-state index contributed by atoms with van der Waals surface area (Å²) < 4.78 is 39.1.